The molecule has 3 aromatic carbocycles. The smallest absolute Gasteiger partial charge is 0.316 e. The molecular weight excluding hydrogens is 328 g/mol. The molecule has 0 aliphatic carbocycles. The van der Waals surface area contributed by atoms with Crippen molar-refractivity contribution in [2.45, 2.75) is 27.1 Å². The molecule has 4 nitrogen and oxygen atoms in total. The van der Waals surface area contributed by atoms with E-state index in [0.29, 0.717) is 11.5 Å². The molecule has 0 aromatic heterocycles. The summed E-state index contributed by atoms with van der Waals surface area (Å²) in [6.45, 7) is 8.97. The molecule has 0 fully saturated rings. The molecule has 1 unspecified atom stereocenters. The molecule has 0 heterocycles. The number of benzene rings is 3. The van der Waals surface area contributed by atoms with Gasteiger partial charge in [0.2, 0.25) is 6.29 Å². The normalized spacial score (nSPS) is 12.8. The summed E-state index contributed by atoms with van der Waals surface area (Å²) in [5.41, 5.74) is -0.551. The molecule has 1 atom stereocenters. The Kier molecular flexibility index (Phi) is 4.70. The van der Waals surface area contributed by atoms with Gasteiger partial charge in [-0.15, -0.1) is 0 Å². The summed E-state index contributed by atoms with van der Waals surface area (Å²) >= 11 is 0. The molecule has 3 rings (SSSR count). The van der Waals surface area contributed by atoms with Gasteiger partial charge in [-0.1, -0.05) is 30.8 Å². The van der Waals surface area contributed by atoms with Gasteiger partial charge in [0.25, 0.3) is 0 Å². The first-order chi connectivity index (χ1) is 12.3. The molecule has 0 amide bonds. The van der Waals surface area contributed by atoms with Crippen molar-refractivity contribution in [1.29, 1.82) is 0 Å². The zero-order chi connectivity index (χ0) is 18.9. The molecule has 26 heavy (non-hydrogen) atoms. The molecule has 0 spiro atoms. The number of hydrogen-bond acceptors (Lipinski definition) is 4. The second kappa shape index (κ2) is 6.81. The molecule has 134 valence electrons. The van der Waals surface area contributed by atoms with Crippen LogP contribution in [0.25, 0.3) is 21.5 Å². The van der Waals surface area contributed by atoms with Crippen molar-refractivity contribution in [3.63, 3.8) is 0 Å². The maximum atomic E-state index is 12.1. The zero-order valence-electron chi connectivity index (χ0n) is 15.2. The predicted octanol–water partition coefficient (Wildman–Crippen LogP) is 4.83. The van der Waals surface area contributed by atoms with Crippen molar-refractivity contribution in [3.8, 4) is 11.5 Å². The summed E-state index contributed by atoms with van der Waals surface area (Å²) in [5.74, 6) is 0.839. The highest BCUT2D eigenvalue weighted by Gasteiger charge is 2.23. The average Bonchev–Trinajstić information content (AvgIpc) is 2.60. The number of aliphatic hydroxyl groups is 1. The number of fused-ring (bicyclic) bond motifs is 3. The zero-order valence-corrected chi connectivity index (χ0v) is 15.2. The standard InChI is InChI=1S/C22H22O4/c1-5-20(23)25-16-8-10-18-14(12-16)6-7-15-13-17(9-11-19(15)18)26-21(24)22(2,3)4/h5-13,20,23H,1H2,2-4H3. The van der Waals surface area contributed by atoms with Crippen LogP contribution in [-0.4, -0.2) is 17.4 Å². The monoisotopic (exact) mass is 350 g/mol. The topological polar surface area (TPSA) is 55.8 Å². The van der Waals surface area contributed by atoms with Crippen LogP contribution in [0.2, 0.25) is 0 Å². The number of esters is 1. The van der Waals surface area contributed by atoms with E-state index >= 15 is 0 Å². The maximum absolute atomic E-state index is 12.1. The molecule has 4 heteroatoms. The molecule has 0 aliphatic heterocycles. The highest BCUT2D eigenvalue weighted by molar-refractivity contribution is 6.08. The van der Waals surface area contributed by atoms with Gasteiger partial charge in [-0.25, -0.2) is 0 Å². The molecule has 0 saturated heterocycles. The first-order valence-electron chi connectivity index (χ1n) is 8.44. The SMILES string of the molecule is C=CC(O)Oc1ccc2c(ccc3cc(OC(=O)C(C)(C)C)ccc32)c1. The third kappa shape index (κ3) is 3.70. The van der Waals surface area contributed by atoms with Gasteiger partial charge in [-0.05, 0) is 72.7 Å². The van der Waals surface area contributed by atoms with E-state index in [1.165, 1.54) is 6.08 Å². The number of rotatable bonds is 4. The lowest BCUT2D eigenvalue weighted by molar-refractivity contribution is -0.142. The van der Waals surface area contributed by atoms with Crippen LogP contribution in [0.4, 0.5) is 0 Å². The molecule has 0 bridgehead atoms. The summed E-state index contributed by atoms with van der Waals surface area (Å²) in [6.07, 6.45) is 0.290. The Morgan fingerprint density at radius 2 is 1.54 bits per heavy atom. The predicted molar refractivity (Wildman–Crippen MR) is 103 cm³/mol. The van der Waals surface area contributed by atoms with Gasteiger partial charge in [0.1, 0.15) is 11.5 Å². The van der Waals surface area contributed by atoms with E-state index in [0.717, 1.165) is 21.5 Å². The van der Waals surface area contributed by atoms with Crippen molar-refractivity contribution in [1.82, 2.24) is 0 Å². The van der Waals surface area contributed by atoms with E-state index in [1.807, 2.05) is 63.2 Å². The van der Waals surface area contributed by atoms with Crippen LogP contribution in [0.1, 0.15) is 20.8 Å². The molecule has 0 radical (unpaired) electrons. The van der Waals surface area contributed by atoms with Gasteiger partial charge < -0.3 is 14.6 Å². The van der Waals surface area contributed by atoms with Crippen LogP contribution in [-0.2, 0) is 4.79 Å². The molecule has 0 aliphatic rings. The van der Waals surface area contributed by atoms with Crippen LogP contribution in [0.15, 0.2) is 61.2 Å². The van der Waals surface area contributed by atoms with Crippen LogP contribution in [0.3, 0.4) is 0 Å². The lowest BCUT2D eigenvalue weighted by Gasteiger charge is -2.16. The molecule has 1 N–H and O–H groups in total. The lowest BCUT2D eigenvalue weighted by atomic mass is 9.97. The van der Waals surface area contributed by atoms with Crippen LogP contribution >= 0.6 is 0 Å². The fourth-order valence-electron chi connectivity index (χ4n) is 2.61. The number of ether oxygens (including phenoxy) is 2. The van der Waals surface area contributed by atoms with E-state index in [2.05, 4.69) is 6.58 Å². The van der Waals surface area contributed by atoms with Crippen molar-refractivity contribution in [3.05, 3.63) is 61.2 Å². The molecule has 0 saturated carbocycles. The van der Waals surface area contributed by atoms with E-state index in [4.69, 9.17) is 9.47 Å². The molecule has 3 aromatic rings. The van der Waals surface area contributed by atoms with Crippen molar-refractivity contribution >= 4 is 27.5 Å². The number of carbonyl (C=O) groups is 1. The summed E-state index contributed by atoms with van der Waals surface area (Å²) in [6, 6.07) is 15.2. The van der Waals surface area contributed by atoms with Gasteiger partial charge in [0.05, 0.1) is 5.41 Å². The summed E-state index contributed by atoms with van der Waals surface area (Å²) < 4.78 is 10.8. The van der Waals surface area contributed by atoms with Crippen LogP contribution in [0, 0.1) is 5.41 Å². The largest absolute Gasteiger partial charge is 0.461 e. The van der Waals surface area contributed by atoms with Gasteiger partial charge in [0, 0.05) is 0 Å². The summed E-state index contributed by atoms with van der Waals surface area (Å²) in [7, 11) is 0. The summed E-state index contributed by atoms with van der Waals surface area (Å²) in [4.78, 5) is 12.1. The van der Waals surface area contributed by atoms with E-state index in [1.54, 1.807) is 6.07 Å². The Labute approximate surface area is 152 Å². The number of hydrogen-bond donors (Lipinski definition) is 1. The van der Waals surface area contributed by atoms with E-state index < -0.39 is 11.7 Å². The minimum absolute atomic E-state index is 0.264. The quantitative estimate of drug-likeness (QED) is 0.241. The minimum Gasteiger partial charge on any atom is -0.461 e. The maximum Gasteiger partial charge on any atom is 0.316 e. The van der Waals surface area contributed by atoms with Crippen molar-refractivity contribution < 1.29 is 19.4 Å². The Bertz CT molecular complexity index is 983. The highest BCUT2D eigenvalue weighted by Crippen LogP contribution is 2.31. The van der Waals surface area contributed by atoms with E-state index in [9.17, 15) is 9.90 Å². The second-order valence-electron chi connectivity index (χ2n) is 7.22. The fourth-order valence-corrected chi connectivity index (χ4v) is 2.61. The van der Waals surface area contributed by atoms with Gasteiger partial charge >= 0.3 is 5.97 Å². The van der Waals surface area contributed by atoms with E-state index in [-0.39, 0.29) is 5.97 Å². The average molecular weight is 350 g/mol. The second-order valence-corrected chi connectivity index (χ2v) is 7.22. The first kappa shape index (κ1) is 18.0. The Morgan fingerprint density at radius 1 is 1.00 bits per heavy atom. The van der Waals surface area contributed by atoms with Crippen LogP contribution < -0.4 is 9.47 Å². The Balaban J connectivity index is 1.97. The van der Waals surface area contributed by atoms with Crippen LogP contribution in [0.5, 0.6) is 11.5 Å². The highest BCUT2D eigenvalue weighted by atomic mass is 16.6. The minimum atomic E-state index is -1.03. The fraction of sp³-hybridized carbons (Fsp3) is 0.227. The Hall–Kier alpha value is -2.85. The van der Waals surface area contributed by atoms with Gasteiger partial charge in [-0.3, -0.25) is 4.79 Å². The third-order valence-corrected chi connectivity index (χ3v) is 4.06. The number of aliphatic hydroxyl groups excluding tert-OH is 1. The van der Waals surface area contributed by atoms with Gasteiger partial charge in [0.15, 0.2) is 0 Å². The van der Waals surface area contributed by atoms with Gasteiger partial charge in [-0.2, -0.15) is 0 Å². The third-order valence-electron chi connectivity index (χ3n) is 4.06. The summed E-state index contributed by atoms with van der Waals surface area (Å²) in [5, 5.41) is 13.6. The first-order valence-corrected chi connectivity index (χ1v) is 8.44. The lowest BCUT2D eigenvalue weighted by Crippen LogP contribution is -2.25. The Morgan fingerprint density at radius 3 is 2.08 bits per heavy atom. The van der Waals surface area contributed by atoms with Crippen molar-refractivity contribution in [2.75, 3.05) is 0 Å². The number of carbonyl (C=O) groups excluding carboxylic acids is 1. The molecular formula is C22H22O4. The van der Waals surface area contributed by atoms with Crippen molar-refractivity contribution in [2.24, 2.45) is 5.41 Å².